The van der Waals surface area contributed by atoms with E-state index in [1.807, 2.05) is 0 Å². The third kappa shape index (κ3) is 2.55. The maximum Gasteiger partial charge on any atom is -0.0234 e. The van der Waals surface area contributed by atoms with Crippen molar-refractivity contribution < 1.29 is 0 Å². The first-order chi connectivity index (χ1) is 4.63. The van der Waals surface area contributed by atoms with Gasteiger partial charge >= 0.3 is 0 Å². The molecule has 0 heterocycles. The highest BCUT2D eigenvalue weighted by Crippen LogP contribution is 2.24. The lowest BCUT2D eigenvalue weighted by Crippen LogP contribution is -2.14. The van der Waals surface area contributed by atoms with Crippen LogP contribution in [0.5, 0.6) is 0 Å². The maximum absolute atomic E-state index is 3.81. The van der Waals surface area contributed by atoms with E-state index < -0.39 is 0 Å². The third-order valence-corrected chi connectivity index (χ3v) is 2.37. The van der Waals surface area contributed by atoms with Gasteiger partial charge in [-0.15, -0.1) is 6.58 Å². The summed E-state index contributed by atoms with van der Waals surface area (Å²) in [5.41, 5.74) is 0. The van der Waals surface area contributed by atoms with E-state index in [1.54, 1.807) is 0 Å². The Kier molecular flexibility index (Phi) is 4.42. The van der Waals surface area contributed by atoms with Crippen LogP contribution in [0.25, 0.3) is 0 Å². The van der Waals surface area contributed by atoms with Gasteiger partial charge in [0.05, 0.1) is 0 Å². The topological polar surface area (TPSA) is 0 Å². The normalized spacial score (nSPS) is 16.9. The molecule has 10 heavy (non-hydrogen) atoms. The summed E-state index contributed by atoms with van der Waals surface area (Å²) in [6, 6.07) is 0. The molecule has 0 fully saturated rings. The molecule has 0 heteroatoms. The average Bonchev–Trinajstić information content (AvgIpc) is 1.88. The summed E-state index contributed by atoms with van der Waals surface area (Å²) in [5, 5.41) is 0. The molecule has 0 aliphatic heterocycles. The fourth-order valence-corrected chi connectivity index (χ4v) is 1.63. The van der Waals surface area contributed by atoms with Crippen molar-refractivity contribution in [3.63, 3.8) is 0 Å². The van der Waals surface area contributed by atoms with Crippen LogP contribution in [0.2, 0.25) is 0 Å². The standard InChI is InChI=1S/C10H20/c1-6-9(5)10(7-2)8(3)4/h6,8-10H,1,7H2,2-5H3. The van der Waals surface area contributed by atoms with Crippen molar-refractivity contribution in [2.75, 3.05) is 0 Å². The van der Waals surface area contributed by atoms with Crippen molar-refractivity contribution in [1.29, 1.82) is 0 Å². The summed E-state index contributed by atoms with van der Waals surface area (Å²) in [6.07, 6.45) is 3.33. The summed E-state index contributed by atoms with van der Waals surface area (Å²) >= 11 is 0. The summed E-state index contributed by atoms with van der Waals surface area (Å²) in [7, 11) is 0. The van der Waals surface area contributed by atoms with E-state index in [1.165, 1.54) is 6.42 Å². The Morgan fingerprint density at radius 3 is 1.90 bits per heavy atom. The molecule has 0 aliphatic rings. The lowest BCUT2D eigenvalue weighted by molar-refractivity contribution is 0.303. The van der Waals surface area contributed by atoms with Crippen molar-refractivity contribution >= 4 is 0 Å². The van der Waals surface area contributed by atoms with Gasteiger partial charge in [-0.05, 0) is 17.8 Å². The number of hydrogen-bond acceptors (Lipinski definition) is 0. The molecule has 0 nitrogen and oxygen atoms in total. The number of allylic oxidation sites excluding steroid dienone is 1. The summed E-state index contributed by atoms with van der Waals surface area (Å²) in [4.78, 5) is 0. The summed E-state index contributed by atoms with van der Waals surface area (Å²) in [6.45, 7) is 12.9. The van der Waals surface area contributed by atoms with Crippen LogP contribution in [0.4, 0.5) is 0 Å². The van der Waals surface area contributed by atoms with E-state index in [0.717, 1.165) is 11.8 Å². The third-order valence-electron chi connectivity index (χ3n) is 2.37. The minimum absolute atomic E-state index is 0.671. The van der Waals surface area contributed by atoms with Gasteiger partial charge < -0.3 is 0 Å². The van der Waals surface area contributed by atoms with Crippen LogP contribution in [-0.2, 0) is 0 Å². The Labute approximate surface area is 65.3 Å². The van der Waals surface area contributed by atoms with Crippen LogP contribution in [0.1, 0.15) is 34.1 Å². The van der Waals surface area contributed by atoms with Gasteiger partial charge in [-0.1, -0.05) is 40.2 Å². The predicted octanol–water partition coefficient (Wildman–Crippen LogP) is 3.49. The lowest BCUT2D eigenvalue weighted by Gasteiger charge is -2.23. The SMILES string of the molecule is C=CC(C)C(CC)C(C)C. The molecule has 0 N–H and O–H groups in total. The van der Waals surface area contributed by atoms with E-state index in [2.05, 4.69) is 40.3 Å². The van der Waals surface area contributed by atoms with Gasteiger partial charge in [0.25, 0.3) is 0 Å². The Bertz CT molecular complexity index is 92.2. The van der Waals surface area contributed by atoms with Gasteiger partial charge in [0.2, 0.25) is 0 Å². The average molecular weight is 140 g/mol. The predicted molar refractivity (Wildman–Crippen MR) is 48.0 cm³/mol. The molecular formula is C10H20. The van der Waals surface area contributed by atoms with E-state index in [9.17, 15) is 0 Å². The highest BCUT2D eigenvalue weighted by Gasteiger charge is 2.15. The van der Waals surface area contributed by atoms with Gasteiger partial charge in [-0.25, -0.2) is 0 Å². The van der Waals surface area contributed by atoms with Crippen molar-refractivity contribution in [2.24, 2.45) is 17.8 Å². The van der Waals surface area contributed by atoms with Gasteiger partial charge in [0.1, 0.15) is 0 Å². The smallest absolute Gasteiger partial charge is 0.0234 e. The minimum atomic E-state index is 0.671. The molecule has 0 aromatic carbocycles. The molecule has 0 bridgehead atoms. The van der Waals surface area contributed by atoms with Crippen molar-refractivity contribution in [2.45, 2.75) is 34.1 Å². The second-order valence-electron chi connectivity index (χ2n) is 3.41. The van der Waals surface area contributed by atoms with Crippen LogP contribution in [0.3, 0.4) is 0 Å². The van der Waals surface area contributed by atoms with Crippen LogP contribution >= 0.6 is 0 Å². The van der Waals surface area contributed by atoms with Crippen LogP contribution in [0.15, 0.2) is 12.7 Å². The van der Waals surface area contributed by atoms with Crippen molar-refractivity contribution in [3.8, 4) is 0 Å². The molecule has 0 spiro atoms. The Morgan fingerprint density at radius 1 is 1.30 bits per heavy atom. The van der Waals surface area contributed by atoms with E-state index in [0.29, 0.717) is 5.92 Å². The highest BCUT2D eigenvalue weighted by atomic mass is 14.2. The molecular weight excluding hydrogens is 120 g/mol. The Morgan fingerprint density at radius 2 is 1.80 bits per heavy atom. The summed E-state index contributed by atoms with van der Waals surface area (Å²) < 4.78 is 0. The van der Waals surface area contributed by atoms with Crippen LogP contribution in [0, 0.1) is 17.8 Å². The van der Waals surface area contributed by atoms with E-state index in [-0.39, 0.29) is 0 Å². The zero-order valence-electron chi connectivity index (χ0n) is 7.72. The minimum Gasteiger partial charge on any atom is -0.103 e. The van der Waals surface area contributed by atoms with Crippen molar-refractivity contribution in [3.05, 3.63) is 12.7 Å². The second kappa shape index (κ2) is 4.54. The van der Waals surface area contributed by atoms with Crippen LogP contribution in [-0.4, -0.2) is 0 Å². The molecule has 0 rings (SSSR count). The zero-order chi connectivity index (χ0) is 8.15. The molecule has 0 radical (unpaired) electrons. The molecule has 2 atom stereocenters. The number of rotatable bonds is 4. The second-order valence-corrected chi connectivity index (χ2v) is 3.41. The molecule has 0 aliphatic carbocycles. The fraction of sp³-hybridized carbons (Fsp3) is 0.800. The molecule has 0 saturated heterocycles. The quantitative estimate of drug-likeness (QED) is 0.524. The first kappa shape index (κ1) is 9.74. The van der Waals surface area contributed by atoms with Gasteiger partial charge in [0, 0.05) is 0 Å². The van der Waals surface area contributed by atoms with Gasteiger partial charge in [-0.2, -0.15) is 0 Å². The molecule has 2 unspecified atom stereocenters. The largest absolute Gasteiger partial charge is 0.103 e. The van der Waals surface area contributed by atoms with E-state index >= 15 is 0 Å². The highest BCUT2D eigenvalue weighted by molar-refractivity contribution is 4.81. The first-order valence-corrected chi connectivity index (χ1v) is 4.26. The van der Waals surface area contributed by atoms with Crippen molar-refractivity contribution in [1.82, 2.24) is 0 Å². The van der Waals surface area contributed by atoms with Gasteiger partial charge in [-0.3, -0.25) is 0 Å². The molecule has 0 saturated carbocycles. The monoisotopic (exact) mass is 140 g/mol. The molecule has 60 valence electrons. The fourth-order valence-electron chi connectivity index (χ4n) is 1.63. The zero-order valence-corrected chi connectivity index (χ0v) is 7.72. The Hall–Kier alpha value is -0.260. The molecule has 0 amide bonds. The van der Waals surface area contributed by atoms with Gasteiger partial charge in [0.15, 0.2) is 0 Å². The van der Waals surface area contributed by atoms with Crippen LogP contribution < -0.4 is 0 Å². The number of hydrogen-bond donors (Lipinski definition) is 0. The molecule has 0 aromatic rings. The Balaban J connectivity index is 3.92. The van der Waals surface area contributed by atoms with E-state index in [4.69, 9.17) is 0 Å². The first-order valence-electron chi connectivity index (χ1n) is 4.26. The maximum atomic E-state index is 3.81. The lowest BCUT2D eigenvalue weighted by atomic mass is 9.83. The summed E-state index contributed by atoms with van der Waals surface area (Å²) in [5.74, 6) is 2.28. The molecule has 0 aromatic heterocycles.